The minimum absolute atomic E-state index is 0.114. The number of carbonyl (C=O) groups is 2. The first-order valence-corrected chi connectivity index (χ1v) is 6.18. The zero-order valence-corrected chi connectivity index (χ0v) is 11.2. The third-order valence-corrected chi connectivity index (χ3v) is 3.08. The van der Waals surface area contributed by atoms with Gasteiger partial charge >= 0.3 is 5.97 Å². The third kappa shape index (κ3) is 4.33. The molecule has 2 unspecified atom stereocenters. The summed E-state index contributed by atoms with van der Waals surface area (Å²) in [6.45, 7) is 0.218. The second-order valence-electron chi connectivity index (χ2n) is 4.75. The van der Waals surface area contributed by atoms with Crippen LogP contribution in [-0.2, 0) is 19.1 Å². The SMILES string of the molecule is CC(=O)N[C@H]1C(O)CC(O)(OC=O)O[C@H]1[C@H](O)[C@H](O)CO. The highest BCUT2D eigenvalue weighted by atomic mass is 16.8. The van der Waals surface area contributed by atoms with E-state index in [1.165, 1.54) is 0 Å². The van der Waals surface area contributed by atoms with Crippen LogP contribution in [0.3, 0.4) is 0 Å². The van der Waals surface area contributed by atoms with Gasteiger partial charge in [-0.05, 0) is 0 Å². The van der Waals surface area contributed by atoms with Crippen molar-refractivity contribution in [3.63, 3.8) is 0 Å². The van der Waals surface area contributed by atoms with Gasteiger partial charge in [-0.1, -0.05) is 0 Å². The molecule has 122 valence electrons. The maximum atomic E-state index is 11.1. The molecule has 0 bridgehead atoms. The minimum atomic E-state index is -2.52. The highest BCUT2D eigenvalue weighted by molar-refractivity contribution is 5.73. The summed E-state index contributed by atoms with van der Waals surface area (Å²) in [5, 5.41) is 50.3. The first-order chi connectivity index (χ1) is 9.74. The average Bonchev–Trinajstić information content (AvgIpc) is 2.39. The Morgan fingerprint density at radius 1 is 1.57 bits per heavy atom. The monoisotopic (exact) mass is 309 g/mol. The summed E-state index contributed by atoms with van der Waals surface area (Å²) < 4.78 is 9.30. The van der Waals surface area contributed by atoms with Crippen molar-refractivity contribution >= 4 is 12.4 Å². The molecule has 6 atom stereocenters. The second-order valence-corrected chi connectivity index (χ2v) is 4.75. The fraction of sp³-hybridized carbons (Fsp3) is 0.818. The predicted molar refractivity (Wildman–Crippen MR) is 64.3 cm³/mol. The lowest BCUT2D eigenvalue weighted by molar-refractivity contribution is -0.393. The van der Waals surface area contributed by atoms with E-state index in [0.29, 0.717) is 0 Å². The zero-order valence-electron chi connectivity index (χ0n) is 11.2. The Kier molecular flexibility index (Phi) is 6.01. The van der Waals surface area contributed by atoms with E-state index < -0.39 is 55.4 Å². The Bertz CT molecular complexity index is 379. The summed E-state index contributed by atoms with van der Waals surface area (Å²) in [7, 11) is 0. The summed E-state index contributed by atoms with van der Waals surface area (Å²) in [5.41, 5.74) is 0. The van der Waals surface area contributed by atoms with Crippen molar-refractivity contribution in [1.82, 2.24) is 5.32 Å². The lowest BCUT2D eigenvalue weighted by Gasteiger charge is -2.44. The quantitative estimate of drug-likeness (QED) is 0.213. The molecule has 1 saturated heterocycles. The highest BCUT2D eigenvalue weighted by Gasteiger charge is 2.51. The lowest BCUT2D eigenvalue weighted by atomic mass is 9.91. The van der Waals surface area contributed by atoms with Crippen LogP contribution in [0.15, 0.2) is 0 Å². The van der Waals surface area contributed by atoms with Crippen molar-refractivity contribution in [2.75, 3.05) is 6.61 Å². The van der Waals surface area contributed by atoms with Gasteiger partial charge in [0.25, 0.3) is 6.47 Å². The molecule has 1 amide bonds. The van der Waals surface area contributed by atoms with Gasteiger partial charge in [-0.3, -0.25) is 9.59 Å². The van der Waals surface area contributed by atoms with Crippen molar-refractivity contribution < 1.29 is 44.6 Å². The summed E-state index contributed by atoms with van der Waals surface area (Å²) in [6.07, 6.45) is -6.95. The van der Waals surface area contributed by atoms with Crippen molar-refractivity contribution in [1.29, 1.82) is 0 Å². The first-order valence-electron chi connectivity index (χ1n) is 6.18. The third-order valence-electron chi connectivity index (χ3n) is 3.08. The van der Waals surface area contributed by atoms with Crippen molar-refractivity contribution in [3.8, 4) is 0 Å². The standard InChI is InChI=1S/C11H19NO9/c1-5(15)12-8-6(16)2-11(19,20-4-14)21-10(8)9(18)7(17)3-13/h4,6-10,13,16-19H,2-3H2,1H3,(H,12,15)/t6?,7-,8+,9-,10-,11?/m1/s1. The number of rotatable bonds is 6. The van der Waals surface area contributed by atoms with E-state index in [2.05, 4.69) is 10.1 Å². The normalized spacial score (nSPS) is 35.6. The Hall–Kier alpha value is -1.30. The van der Waals surface area contributed by atoms with E-state index >= 15 is 0 Å². The van der Waals surface area contributed by atoms with Crippen LogP contribution in [0, 0.1) is 0 Å². The molecule has 1 fully saturated rings. The molecule has 0 aromatic heterocycles. The predicted octanol–water partition coefficient (Wildman–Crippen LogP) is -3.83. The summed E-state index contributed by atoms with van der Waals surface area (Å²) in [6, 6.07) is -1.19. The van der Waals surface area contributed by atoms with Gasteiger partial charge in [0.05, 0.1) is 25.2 Å². The topological polar surface area (TPSA) is 166 Å². The molecule has 0 spiro atoms. The van der Waals surface area contributed by atoms with E-state index in [1.807, 2.05) is 0 Å². The molecule has 10 nitrogen and oxygen atoms in total. The molecule has 0 radical (unpaired) electrons. The van der Waals surface area contributed by atoms with E-state index in [9.17, 15) is 30.0 Å². The number of aliphatic hydroxyl groups excluding tert-OH is 4. The molecular weight excluding hydrogens is 290 g/mol. The molecule has 1 rings (SSSR count). The summed E-state index contributed by atoms with van der Waals surface area (Å²) >= 11 is 0. The Labute approximate surface area is 119 Å². The molecule has 1 heterocycles. The number of amides is 1. The fourth-order valence-electron chi connectivity index (χ4n) is 2.12. The molecule has 6 N–H and O–H groups in total. The molecule has 21 heavy (non-hydrogen) atoms. The van der Waals surface area contributed by atoms with E-state index in [1.54, 1.807) is 0 Å². The Morgan fingerprint density at radius 3 is 2.67 bits per heavy atom. The van der Waals surface area contributed by atoms with Gasteiger partial charge in [-0.25, -0.2) is 0 Å². The van der Waals surface area contributed by atoms with Gasteiger partial charge in [0.2, 0.25) is 5.91 Å². The van der Waals surface area contributed by atoms with Gasteiger partial charge in [0.1, 0.15) is 18.3 Å². The largest absolute Gasteiger partial charge is 0.410 e. The molecule has 0 aromatic carbocycles. The highest BCUT2D eigenvalue weighted by Crippen LogP contribution is 2.30. The second kappa shape index (κ2) is 7.11. The van der Waals surface area contributed by atoms with Crippen LogP contribution in [-0.4, -0.2) is 80.9 Å². The number of nitrogens with one attached hydrogen (secondary N) is 1. The zero-order chi connectivity index (χ0) is 16.2. The van der Waals surface area contributed by atoms with Crippen LogP contribution in [0.4, 0.5) is 0 Å². The van der Waals surface area contributed by atoms with Crippen molar-refractivity contribution in [2.24, 2.45) is 0 Å². The van der Waals surface area contributed by atoms with Gasteiger partial charge in [-0.2, -0.15) is 0 Å². The first kappa shape index (κ1) is 17.8. The lowest BCUT2D eigenvalue weighted by Crippen LogP contribution is -2.66. The minimum Gasteiger partial charge on any atom is -0.410 e. The molecule has 1 aliphatic rings. The van der Waals surface area contributed by atoms with Crippen molar-refractivity contribution in [3.05, 3.63) is 0 Å². The van der Waals surface area contributed by atoms with E-state index in [0.717, 1.165) is 6.92 Å². The summed E-state index contributed by atoms with van der Waals surface area (Å²) in [5.74, 6) is -3.07. The molecule has 0 aromatic rings. The smallest absolute Gasteiger partial charge is 0.329 e. The van der Waals surface area contributed by atoms with Gasteiger partial charge < -0.3 is 40.3 Å². The molecule has 0 saturated carbocycles. The number of hydrogen-bond donors (Lipinski definition) is 6. The fourth-order valence-corrected chi connectivity index (χ4v) is 2.12. The summed E-state index contributed by atoms with van der Waals surface area (Å²) in [4.78, 5) is 21.5. The molecule has 1 aliphatic heterocycles. The van der Waals surface area contributed by atoms with Crippen molar-refractivity contribution in [2.45, 2.75) is 49.8 Å². The Morgan fingerprint density at radius 2 is 2.19 bits per heavy atom. The van der Waals surface area contributed by atoms with Crippen LogP contribution in [0.1, 0.15) is 13.3 Å². The maximum absolute atomic E-state index is 11.1. The molecule has 10 heteroatoms. The molecular formula is C11H19NO9. The van der Waals surface area contributed by atoms with E-state index in [-0.39, 0.29) is 6.47 Å². The van der Waals surface area contributed by atoms with Crippen LogP contribution in [0.25, 0.3) is 0 Å². The number of hydrogen-bond acceptors (Lipinski definition) is 9. The van der Waals surface area contributed by atoms with Crippen LogP contribution in [0.5, 0.6) is 0 Å². The van der Waals surface area contributed by atoms with Crippen LogP contribution >= 0.6 is 0 Å². The van der Waals surface area contributed by atoms with Gasteiger partial charge in [-0.15, -0.1) is 0 Å². The Balaban J connectivity index is 3.01. The van der Waals surface area contributed by atoms with Gasteiger partial charge in [0, 0.05) is 6.92 Å². The number of carbonyl (C=O) groups excluding carboxylic acids is 2. The maximum Gasteiger partial charge on any atom is 0.329 e. The van der Waals surface area contributed by atoms with E-state index in [4.69, 9.17) is 9.84 Å². The van der Waals surface area contributed by atoms with Crippen LogP contribution in [0.2, 0.25) is 0 Å². The van der Waals surface area contributed by atoms with Crippen LogP contribution < -0.4 is 5.32 Å². The van der Waals surface area contributed by atoms with Gasteiger partial charge in [0.15, 0.2) is 0 Å². The molecule has 0 aliphatic carbocycles. The number of ether oxygens (including phenoxy) is 2. The average molecular weight is 309 g/mol. The number of aliphatic hydroxyl groups is 5.